The molecule has 2 heterocycles. The highest BCUT2D eigenvalue weighted by Gasteiger charge is 2.42. The van der Waals surface area contributed by atoms with Gasteiger partial charge in [-0.3, -0.25) is 15.0 Å². The first-order valence-corrected chi connectivity index (χ1v) is 14.0. The van der Waals surface area contributed by atoms with E-state index in [9.17, 15) is 32.3 Å². The molecule has 2 aromatic carbocycles. The van der Waals surface area contributed by atoms with Crippen LogP contribution in [0.4, 0.5) is 13.2 Å². The number of hydrogen-bond donors (Lipinski definition) is 2. The molecule has 0 bridgehead atoms. The quantitative estimate of drug-likeness (QED) is 0.183. The molecular weight excluding hydrogens is 609 g/mol. The van der Waals surface area contributed by atoms with Crippen molar-refractivity contribution >= 4 is 29.5 Å². The first-order valence-electron chi connectivity index (χ1n) is 14.0. The van der Waals surface area contributed by atoms with Gasteiger partial charge in [0.15, 0.2) is 5.78 Å². The number of alkyl halides is 3. The van der Waals surface area contributed by atoms with Crippen molar-refractivity contribution in [3.63, 3.8) is 0 Å². The SMILES string of the molecule is CCOc1cc2c(cc1C(=O)NC)C(=N)N(CC(=O)c1ccc(Oc3ccc(C(=O)OC(=O)C(F)(F)F)cn3)c(C(C)(C)C)c1)C2. The first kappa shape index (κ1) is 33.6. The number of benzene rings is 2. The maximum absolute atomic E-state index is 13.5. The minimum Gasteiger partial charge on any atom is -0.493 e. The molecule has 46 heavy (non-hydrogen) atoms. The Balaban J connectivity index is 1.51. The van der Waals surface area contributed by atoms with Crippen LogP contribution in [0, 0.1) is 5.41 Å². The van der Waals surface area contributed by atoms with Gasteiger partial charge >= 0.3 is 18.1 Å². The number of esters is 2. The van der Waals surface area contributed by atoms with Crippen LogP contribution >= 0.6 is 0 Å². The minimum absolute atomic E-state index is 0.00546. The lowest BCUT2D eigenvalue weighted by Gasteiger charge is -2.24. The molecule has 3 aromatic rings. The van der Waals surface area contributed by atoms with Crippen molar-refractivity contribution in [2.75, 3.05) is 20.2 Å². The summed E-state index contributed by atoms with van der Waals surface area (Å²) in [5, 5.41) is 11.3. The molecule has 0 radical (unpaired) electrons. The third-order valence-electron chi connectivity index (χ3n) is 6.96. The zero-order chi connectivity index (χ0) is 34.0. The van der Waals surface area contributed by atoms with E-state index >= 15 is 0 Å². The van der Waals surface area contributed by atoms with E-state index in [1.165, 1.54) is 13.1 Å². The molecule has 0 saturated heterocycles. The van der Waals surface area contributed by atoms with Gasteiger partial charge < -0.3 is 24.4 Å². The van der Waals surface area contributed by atoms with Gasteiger partial charge in [0, 0.05) is 42.5 Å². The summed E-state index contributed by atoms with van der Waals surface area (Å²) < 4.78 is 52.5. The largest absolute Gasteiger partial charge is 0.493 e. The van der Waals surface area contributed by atoms with E-state index in [1.807, 2.05) is 20.8 Å². The Morgan fingerprint density at radius 3 is 2.28 bits per heavy atom. The van der Waals surface area contributed by atoms with E-state index in [0.29, 0.717) is 40.4 Å². The summed E-state index contributed by atoms with van der Waals surface area (Å²) in [7, 11) is 1.50. The number of nitrogens with one attached hydrogen (secondary N) is 2. The van der Waals surface area contributed by atoms with Gasteiger partial charge in [0.05, 0.1) is 24.3 Å². The molecule has 1 aliphatic rings. The lowest BCUT2D eigenvalue weighted by atomic mass is 9.85. The summed E-state index contributed by atoms with van der Waals surface area (Å²) in [6.45, 7) is 8.03. The summed E-state index contributed by atoms with van der Waals surface area (Å²) in [6, 6.07) is 10.5. The van der Waals surface area contributed by atoms with Crippen LogP contribution in [0.25, 0.3) is 0 Å². The fourth-order valence-corrected chi connectivity index (χ4v) is 4.67. The second-order valence-corrected chi connectivity index (χ2v) is 11.3. The van der Waals surface area contributed by atoms with Crippen LogP contribution in [0.15, 0.2) is 48.7 Å². The number of Topliss-reactive ketones (excluding diaryl/α,β-unsaturated/α-hetero) is 1. The van der Waals surface area contributed by atoms with Gasteiger partial charge in [-0.1, -0.05) is 20.8 Å². The van der Waals surface area contributed by atoms with Gasteiger partial charge in [-0.05, 0) is 54.3 Å². The highest BCUT2D eigenvalue weighted by Crippen LogP contribution is 2.35. The molecule has 0 saturated carbocycles. The summed E-state index contributed by atoms with van der Waals surface area (Å²) in [5.41, 5.74) is 1.68. The lowest BCUT2D eigenvalue weighted by Crippen LogP contribution is -2.30. The van der Waals surface area contributed by atoms with Gasteiger partial charge in [-0.2, -0.15) is 13.2 Å². The molecule has 4 rings (SSSR count). The van der Waals surface area contributed by atoms with Crippen LogP contribution in [0.1, 0.15) is 75.5 Å². The van der Waals surface area contributed by atoms with Crippen LogP contribution < -0.4 is 14.8 Å². The molecule has 1 aliphatic heterocycles. The number of amidine groups is 1. The van der Waals surface area contributed by atoms with E-state index in [-0.39, 0.29) is 36.5 Å². The van der Waals surface area contributed by atoms with E-state index in [0.717, 1.165) is 17.8 Å². The minimum atomic E-state index is -5.32. The number of amides is 1. The van der Waals surface area contributed by atoms with Crippen molar-refractivity contribution in [3.8, 4) is 17.4 Å². The number of nitrogens with zero attached hydrogens (tertiary/aromatic N) is 2. The van der Waals surface area contributed by atoms with E-state index in [2.05, 4.69) is 15.0 Å². The van der Waals surface area contributed by atoms with Gasteiger partial charge in [0.25, 0.3) is 5.91 Å². The summed E-state index contributed by atoms with van der Waals surface area (Å²) in [5.74, 6) is -3.94. The van der Waals surface area contributed by atoms with Gasteiger partial charge in [-0.25, -0.2) is 14.6 Å². The van der Waals surface area contributed by atoms with Crippen LogP contribution in [0.2, 0.25) is 0 Å². The number of aromatic nitrogens is 1. The Labute approximate surface area is 262 Å². The van der Waals surface area contributed by atoms with Crippen LogP contribution in [0.5, 0.6) is 17.4 Å². The Bertz CT molecular complexity index is 1710. The molecule has 1 aromatic heterocycles. The zero-order valence-electron chi connectivity index (χ0n) is 25.6. The van der Waals surface area contributed by atoms with Crippen LogP contribution in [-0.2, 0) is 21.5 Å². The van der Waals surface area contributed by atoms with Gasteiger partial charge in [-0.15, -0.1) is 0 Å². The maximum Gasteiger partial charge on any atom is 0.491 e. The molecular formula is C32H31F3N4O7. The monoisotopic (exact) mass is 640 g/mol. The average Bonchev–Trinajstić information content (AvgIpc) is 3.29. The molecule has 11 nitrogen and oxygen atoms in total. The Kier molecular flexibility index (Phi) is 9.49. The van der Waals surface area contributed by atoms with Crippen molar-refractivity contribution < 1.29 is 46.6 Å². The van der Waals surface area contributed by atoms with Crippen molar-refractivity contribution in [2.45, 2.75) is 45.8 Å². The molecule has 0 aliphatic carbocycles. The molecule has 1 amide bonds. The second-order valence-electron chi connectivity index (χ2n) is 11.3. The molecule has 14 heteroatoms. The summed E-state index contributed by atoms with van der Waals surface area (Å²) >= 11 is 0. The number of ketones is 1. The Morgan fingerprint density at radius 2 is 1.70 bits per heavy atom. The van der Waals surface area contributed by atoms with Gasteiger partial charge in [0.2, 0.25) is 5.88 Å². The third-order valence-corrected chi connectivity index (χ3v) is 6.96. The normalized spacial score (nSPS) is 12.8. The average molecular weight is 641 g/mol. The number of carbonyl (C=O) groups is 4. The lowest BCUT2D eigenvalue weighted by molar-refractivity contribution is -0.193. The number of rotatable bonds is 9. The molecule has 0 unspecified atom stereocenters. The third kappa shape index (κ3) is 7.33. The number of hydrogen-bond acceptors (Lipinski definition) is 9. The van der Waals surface area contributed by atoms with Crippen molar-refractivity contribution in [2.24, 2.45) is 0 Å². The number of halogens is 3. The van der Waals surface area contributed by atoms with Crippen molar-refractivity contribution in [1.29, 1.82) is 5.41 Å². The molecule has 2 N–H and O–H groups in total. The number of ether oxygens (including phenoxy) is 3. The van der Waals surface area contributed by atoms with Crippen LogP contribution in [-0.4, -0.2) is 65.7 Å². The predicted octanol–water partition coefficient (Wildman–Crippen LogP) is 5.20. The van der Waals surface area contributed by atoms with Crippen LogP contribution in [0.3, 0.4) is 0 Å². The predicted molar refractivity (Wildman–Crippen MR) is 159 cm³/mol. The van der Waals surface area contributed by atoms with Crippen molar-refractivity contribution in [1.82, 2.24) is 15.2 Å². The molecule has 0 spiro atoms. The van der Waals surface area contributed by atoms with Gasteiger partial charge in [0.1, 0.15) is 17.3 Å². The number of fused-ring (bicyclic) bond motifs is 1. The molecule has 0 fully saturated rings. The Morgan fingerprint density at radius 1 is 1.00 bits per heavy atom. The van der Waals surface area contributed by atoms with E-state index < -0.39 is 29.1 Å². The number of carbonyl (C=O) groups excluding carboxylic acids is 4. The zero-order valence-corrected chi connectivity index (χ0v) is 25.6. The van der Waals surface area contributed by atoms with Crippen molar-refractivity contribution in [3.05, 3.63) is 82.0 Å². The topological polar surface area (TPSA) is 148 Å². The van der Waals surface area contributed by atoms with E-state index in [1.54, 1.807) is 42.2 Å². The standard InChI is InChI=1S/C32H31F3N4O7/c1-6-44-25-12-19-15-39(27(36)20(19)13-21(25)28(41)37-5)16-23(40)17-7-9-24(22(11-17)31(2,3)4)45-26-10-8-18(14-38-26)29(42)46-30(43)32(33,34)35/h7-14,36H,6,15-16H2,1-5H3,(H,37,41). The highest BCUT2D eigenvalue weighted by molar-refractivity contribution is 6.07. The smallest absolute Gasteiger partial charge is 0.491 e. The first-order chi connectivity index (χ1) is 21.5. The maximum atomic E-state index is 13.5. The molecule has 242 valence electrons. The fraction of sp³-hybridized carbons (Fsp3) is 0.312. The molecule has 0 atom stereocenters. The highest BCUT2D eigenvalue weighted by atomic mass is 19.4. The second kappa shape index (κ2) is 13.0. The fourth-order valence-electron chi connectivity index (χ4n) is 4.67. The summed E-state index contributed by atoms with van der Waals surface area (Å²) in [4.78, 5) is 54.2. The Hall–Kier alpha value is -5.27. The number of pyridine rings is 1. The van der Waals surface area contributed by atoms with E-state index in [4.69, 9.17) is 14.9 Å². The summed E-state index contributed by atoms with van der Waals surface area (Å²) in [6.07, 6.45) is -4.41.